The van der Waals surface area contributed by atoms with E-state index in [0.717, 1.165) is 0 Å². The molecular formula is C18H16N6O4S. The first-order valence-corrected chi connectivity index (χ1v) is 9.95. The maximum absolute atomic E-state index is 12.6. The van der Waals surface area contributed by atoms with Crippen LogP contribution in [0, 0.1) is 13.8 Å². The van der Waals surface area contributed by atoms with E-state index in [1.165, 1.54) is 6.33 Å². The molecule has 4 rings (SSSR count). The number of aromatic nitrogens is 5. The predicted molar refractivity (Wildman–Crippen MR) is 102 cm³/mol. The standard InChI is InChI=1S/C18H16N6O4S/c1-12-18(13(2)28-22-12)29(25,26)23-14-3-5-15(6-4-14)27-17-9-16(20-10-21-17)24-8-7-19-11-24/h3-11,23H,1-2H3. The largest absolute Gasteiger partial charge is 0.439 e. The van der Waals surface area contributed by atoms with Gasteiger partial charge in [-0.3, -0.25) is 9.29 Å². The van der Waals surface area contributed by atoms with Gasteiger partial charge in [-0.05, 0) is 38.1 Å². The quantitative estimate of drug-likeness (QED) is 0.512. The molecule has 0 spiro atoms. The van der Waals surface area contributed by atoms with Crippen LogP contribution in [0.5, 0.6) is 11.6 Å². The van der Waals surface area contributed by atoms with Crippen molar-refractivity contribution in [2.45, 2.75) is 18.7 Å². The number of nitrogens with one attached hydrogen (secondary N) is 1. The summed E-state index contributed by atoms with van der Waals surface area (Å²) >= 11 is 0. The highest BCUT2D eigenvalue weighted by molar-refractivity contribution is 7.92. The molecule has 0 atom stereocenters. The summed E-state index contributed by atoms with van der Waals surface area (Å²) in [5, 5.41) is 3.68. The summed E-state index contributed by atoms with van der Waals surface area (Å²) in [6.07, 6.45) is 6.40. The molecule has 0 unspecified atom stereocenters. The molecule has 0 aliphatic heterocycles. The van der Waals surface area contributed by atoms with Crippen molar-refractivity contribution in [1.29, 1.82) is 0 Å². The van der Waals surface area contributed by atoms with Gasteiger partial charge in [-0.1, -0.05) is 5.16 Å². The van der Waals surface area contributed by atoms with Gasteiger partial charge in [0.15, 0.2) is 10.7 Å². The van der Waals surface area contributed by atoms with Crippen LogP contribution in [0.25, 0.3) is 5.82 Å². The fourth-order valence-electron chi connectivity index (χ4n) is 2.70. The normalized spacial score (nSPS) is 11.4. The average molecular weight is 412 g/mol. The Kier molecular flexibility index (Phi) is 4.72. The number of imidazole rings is 1. The lowest BCUT2D eigenvalue weighted by atomic mass is 10.3. The second-order valence-corrected chi connectivity index (χ2v) is 7.69. The first kappa shape index (κ1) is 18.6. The Labute approximate surface area is 166 Å². The minimum absolute atomic E-state index is 0.0332. The van der Waals surface area contributed by atoms with Crippen LogP contribution in [-0.4, -0.2) is 33.1 Å². The summed E-state index contributed by atoms with van der Waals surface area (Å²) in [5.74, 6) is 1.66. The molecule has 0 aliphatic rings. The van der Waals surface area contributed by atoms with Gasteiger partial charge in [0.2, 0.25) is 5.88 Å². The van der Waals surface area contributed by atoms with E-state index in [-0.39, 0.29) is 10.7 Å². The van der Waals surface area contributed by atoms with Crippen molar-refractivity contribution in [2.24, 2.45) is 0 Å². The molecule has 0 aliphatic carbocycles. The minimum atomic E-state index is -3.81. The average Bonchev–Trinajstić information content (AvgIpc) is 3.34. The Morgan fingerprint density at radius 1 is 1.14 bits per heavy atom. The summed E-state index contributed by atoms with van der Waals surface area (Å²) in [5.41, 5.74) is 0.673. The Morgan fingerprint density at radius 3 is 2.59 bits per heavy atom. The Morgan fingerprint density at radius 2 is 1.93 bits per heavy atom. The van der Waals surface area contributed by atoms with Crippen molar-refractivity contribution in [2.75, 3.05) is 4.72 Å². The van der Waals surface area contributed by atoms with Gasteiger partial charge in [-0.2, -0.15) is 0 Å². The molecule has 0 saturated heterocycles. The first-order chi connectivity index (χ1) is 13.9. The highest BCUT2D eigenvalue weighted by atomic mass is 32.2. The maximum Gasteiger partial charge on any atom is 0.267 e. The zero-order chi connectivity index (χ0) is 20.4. The van der Waals surface area contributed by atoms with Crippen molar-refractivity contribution >= 4 is 15.7 Å². The van der Waals surface area contributed by atoms with Crippen molar-refractivity contribution < 1.29 is 17.7 Å². The molecule has 3 aromatic heterocycles. The molecule has 11 heteroatoms. The predicted octanol–water partition coefficient (Wildman–Crippen LogP) is 2.86. The molecule has 0 amide bonds. The molecule has 148 valence electrons. The third kappa shape index (κ3) is 3.94. The number of rotatable bonds is 6. The van der Waals surface area contributed by atoms with Gasteiger partial charge in [-0.25, -0.2) is 23.4 Å². The Bertz CT molecular complexity index is 1210. The lowest BCUT2D eigenvalue weighted by Crippen LogP contribution is -2.14. The topological polar surface area (TPSA) is 125 Å². The van der Waals surface area contributed by atoms with E-state index in [1.807, 2.05) is 0 Å². The fraction of sp³-hybridized carbons (Fsp3) is 0.111. The van der Waals surface area contributed by atoms with E-state index >= 15 is 0 Å². The van der Waals surface area contributed by atoms with E-state index < -0.39 is 10.0 Å². The van der Waals surface area contributed by atoms with Crippen molar-refractivity contribution in [3.63, 3.8) is 0 Å². The van der Waals surface area contributed by atoms with E-state index in [4.69, 9.17) is 9.26 Å². The summed E-state index contributed by atoms with van der Waals surface area (Å²) in [4.78, 5) is 12.3. The number of hydrogen-bond acceptors (Lipinski definition) is 8. The minimum Gasteiger partial charge on any atom is -0.439 e. The van der Waals surface area contributed by atoms with Crippen molar-refractivity contribution in [1.82, 2.24) is 24.7 Å². The van der Waals surface area contributed by atoms with E-state index in [0.29, 0.717) is 28.8 Å². The molecule has 0 fully saturated rings. The molecule has 0 radical (unpaired) electrons. The maximum atomic E-state index is 12.6. The molecule has 29 heavy (non-hydrogen) atoms. The van der Waals surface area contributed by atoms with Crippen LogP contribution in [0.1, 0.15) is 11.5 Å². The van der Waals surface area contributed by atoms with Gasteiger partial charge in [0.1, 0.15) is 29.9 Å². The third-order valence-corrected chi connectivity index (χ3v) is 5.59. The van der Waals surface area contributed by atoms with Crippen molar-refractivity contribution in [3.05, 3.63) is 66.8 Å². The van der Waals surface area contributed by atoms with Crippen LogP contribution < -0.4 is 9.46 Å². The second-order valence-electron chi connectivity index (χ2n) is 6.07. The van der Waals surface area contributed by atoms with Crippen molar-refractivity contribution in [3.8, 4) is 17.4 Å². The van der Waals surface area contributed by atoms with Crippen LogP contribution >= 0.6 is 0 Å². The number of benzene rings is 1. The Balaban J connectivity index is 1.50. The van der Waals surface area contributed by atoms with E-state index in [2.05, 4.69) is 24.8 Å². The summed E-state index contributed by atoms with van der Waals surface area (Å²) in [6, 6.07) is 8.09. The van der Waals surface area contributed by atoms with Gasteiger partial charge in [-0.15, -0.1) is 0 Å². The molecule has 0 saturated carbocycles. The molecule has 10 nitrogen and oxygen atoms in total. The number of ether oxygens (including phenoxy) is 1. The number of hydrogen-bond donors (Lipinski definition) is 1. The number of anilines is 1. The Hall–Kier alpha value is -3.73. The van der Waals surface area contributed by atoms with Crippen LogP contribution in [0.15, 0.2) is 64.8 Å². The highest BCUT2D eigenvalue weighted by Crippen LogP contribution is 2.25. The van der Waals surface area contributed by atoms with Gasteiger partial charge >= 0.3 is 0 Å². The van der Waals surface area contributed by atoms with Gasteiger partial charge < -0.3 is 9.26 Å². The summed E-state index contributed by atoms with van der Waals surface area (Å²) in [6.45, 7) is 3.12. The molecule has 1 N–H and O–H groups in total. The third-order valence-electron chi connectivity index (χ3n) is 3.96. The van der Waals surface area contributed by atoms with Gasteiger partial charge in [0.05, 0.1) is 0 Å². The zero-order valence-corrected chi connectivity index (χ0v) is 16.3. The van der Waals surface area contributed by atoms with Crippen LogP contribution in [0.2, 0.25) is 0 Å². The molecule has 3 heterocycles. The summed E-state index contributed by atoms with van der Waals surface area (Å²) in [7, 11) is -3.81. The van der Waals surface area contributed by atoms with Crippen LogP contribution in [-0.2, 0) is 10.0 Å². The SMILES string of the molecule is Cc1noc(C)c1S(=O)(=O)Nc1ccc(Oc2cc(-n3ccnc3)ncn2)cc1. The van der Waals surface area contributed by atoms with Crippen LogP contribution in [0.3, 0.4) is 0 Å². The lowest BCUT2D eigenvalue weighted by molar-refractivity contribution is 0.390. The fourth-order valence-corrected chi connectivity index (χ4v) is 4.09. The number of nitrogens with zero attached hydrogens (tertiary/aromatic N) is 5. The van der Waals surface area contributed by atoms with Gasteiger partial charge in [0, 0.05) is 24.1 Å². The molecule has 0 bridgehead atoms. The highest BCUT2D eigenvalue weighted by Gasteiger charge is 2.24. The van der Waals surface area contributed by atoms with Gasteiger partial charge in [0.25, 0.3) is 10.0 Å². The number of aryl methyl sites for hydroxylation is 2. The second kappa shape index (κ2) is 7.36. The monoisotopic (exact) mass is 412 g/mol. The first-order valence-electron chi connectivity index (χ1n) is 8.46. The smallest absolute Gasteiger partial charge is 0.267 e. The molecule has 4 aromatic rings. The lowest BCUT2D eigenvalue weighted by Gasteiger charge is -2.09. The van der Waals surface area contributed by atoms with E-state index in [1.54, 1.807) is 67.5 Å². The number of sulfonamides is 1. The van der Waals surface area contributed by atoms with Crippen LogP contribution in [0.4, 0.5) is 5.69 Å². The van der Waals surface area contributed by atoms with E-state index in [9.17, 15) is 8.42 Å². The summed E-state index contributed by atoms with van der Waals surface area (Å²) < 4.78 is 40.0. The zero-order valence-electron chi connectivity index (χ0n) is 15.5. The molecule has 1 aromatic carbocycles. The molecular weight excluding hydrogens is 396 g/mol.